The molecule has 0 fully saturated rings. The summed E-state index contributed by atoms with van der Waals surface area (Å²) in [6.45, 7) is 2.57. The van der Waals surface area contributed by atoms with Gasteiger partial charge in [0.05, 0.1) is 11.6 Å². The van der Waals surface area contributed by atoms with E-state index in [-0.39, 0.29) is 11.9 Å². The van der Waals surface area contributed by atoms with Crippen LogP contribution in [-0.4, -0.2) is 18.5 Å². The van der Waals surface area contributed by atoms with Crippen LogP contribution in [0.5, 0.6) is 0 Å². The van der Waals surface area contributed by atoms with E-state index in [1.165, 1.54) is 0 Å². The maximum atomic E-state index is 12.9. The molecule has 5 N–H and O–H groups in total. The van der Waals surface area contributed by atoms with Gasteiger partial charge in [-0.15, -0.1) is 0 Å². The Morgan fingerprint density at radius 2 is 1.64 bits per heavy atom. The molecule has 25 heavy (non-hydrogen) atoms. The molecule has 0 radical (unpaired) electrons. The lowest BCUT2D eigenvalue weighted by molar-refractivity contribution is -0.118. The van der Waals surface area contributed by atoms with E-state index in [0.29, 0.717) is 24.6 Å². The molecular weight excluding hydrogens is 312 g/mol. The molecule has 0 bridgehead atoms. The van der Waals surface area contributed by atoms with Crippen molar-refractivity contribution in [3.8, 4) is 0 Å². The minimum Gasteiger partial charge on any atom is -0.341 e. The van der Waals surface area contributed by atoms with Gasteiger partial charge in [0.2, 0.25) is 0 Å². The van der Waals surface area contributed by atoms with Crippen LogP contribution < -0.4 is 21.9 Å². The molecule has 0 spiro atoms. The highest BCUT2D eigenvalue weighted by Gasteiger charge is 2.25. The Kier molecular flexibility index (Phi) is 5.48. The first kappa shape index (κ1) is 17.2. The van der Waals surface area contributed by atoms with Gasteiger partial charge in [-0.25, -0.2) is 0 Å². The van der Waals surface area contributed by atoms with Crippen LogP contribution in [0, 0.1) is 0 Å². The first-order valence-electron chi connectivity index (χ1n) is 8.52. The number of carbonyl (C=O) groups is 1. The van der Waals surface area contributed by atoms with Gasteiger partial charge in [-0.3, -0.25) is 10.6 Å². The number of nitrogens with two attached hydrogens (primary N) is 1. The second kappa shape index (κ2) is 7.96. The Bertz CT molecular complexity index is 703. The second-order valence-electron chi connectivity index (χ2n) is 6.32. The molecule has 0 aromatic heterocycles. The minimum atomic E-state index is -0.208. The predicted molar refractivity (Wildman–Crippen MR) is 99.3 cm³/mol. The summed E-state index contributed by atoms with van der Waals surface area (Å²) in [5, 5.41) is 6.48. The number of hydrogen-bond donors (Lipinski definition) is 4. The summed E-state index contributed by atoms with van der Waals surface area (Å²) in [4.78, 5) is 12.9. The lowest BCUT2D eigenvalue weighted by Gasteiger charge is -2.27. The summed E-state index contributed by atoms with van der Waals surface area (Å²) in [5.41, 5.74) is 6.24. The van der Waals surface area contributed by atoms with Crippen molar-refractivity contribution in [1.82, 2.24) is 16.1 Å². The van der Waals surface area contributed by atoms with E-state index in [4.69, 9.17) is 5.84 Å². The maximum absolute atomic E-state index is 12.9. The zero-order chi connectivity index (χ0) is 17.6. The third kappa shape index (κ3) is 4.07. The molecule has 130 valence electrons. The molecule has 0 aliphatic carbocycles. The van der Waals surface area contributed by atoms with Gasteiger partial charge in [0.25, 0.3) is 5.91 Å². The van der Waals surface area contributed by atoms with Gasteiger partial charge in [0.15, 0.2) is 0 Å². The Morgan fingerprint density at radius 3 is 2.16 bits per heavy atom. The van der Waals surface area contributed by atoms with Gasteiger partial charge in [0, 0.05) is 24.7 Å². The number of rotatable bonds is 5. The zero-order valence-corrected chi connectivity index (χ0v) is 14.3. The van der Waals surface area contributed by atoms with Crippen LogP contribution in [0.4, 0.5) is 0 Å². The van der Waals surface area contributed by atoms with Crippen LogP contribution in [0.3, 0.4) is 0 Å². The molecule has 1 aliphatic rings. The van der Waals surface area contributed by atoms with E-state index in [9.17, 15) is 4.79 Å². The average Bonchev–Trinajstić information content (AvgIpc) is 2.67. The van der Waals surface area contributed by atoms with Crippen molar-refractivity contribution in [2.75, 3.05) is 6.54 Å². The molecule has 2 aromatic rings. The van der Waals surface area contributed by atoms with Gasteiger partial charge in [0.1, 0.15) is 0 Å². The average molecular weight is 336 g/mol. The van der Waals surface area contributed by atoms with Crippen molar-refractivity contribution < 1.29 is 4.79 Å². The monoisotopic (exact) mass is 336 g/mol. The van der Waals surface area contributed by atoms with E-state index >= 15 is 0 Å². The summed E-state index contributed by atoms with van der Waals surface area (Å²) in [7, 11) is 0. The minimum absolute atomic E-state index is 0.106. The third-order valence-corrected chi connectivity index (χ3v) is 4.49. The van der Waals surface area contributed by atoms with Crippen LogP contribution in [-0.2, 0) is 4.79 Å². The predicted octanol–water partition coefficient (Wildman–Crippen LogP) is 1.99. The van der Waals surface area contributed by atoms with E-state index in [1.54, 1.807) is 0 Å². The lowest BCUT2D eigenvalue weighted by Crippen LogP contribution is -2.44. The molecule has 1 atom stereocenters. The fourth-order valence-electron chi connectivity index (χ4n) is 3.12. The van der Waals surface area contributed by atoms with Crippen molar-refractivity contribution in [1.29, 1.82) is 0 Å². The van der Waals surface area contributed by atoms with Crippen molar-refractivity contribution in [3.05, 3.63) is 83.1 Å². The second-order valence-corrected chi connectivity index (χ2v) is 6.32. The number of benzene rings is 2. The van der Waals surface area contributed by atoms with Crippen molar-refractivity contribution in [3.63, 3.8) is 0 Å². The number of nitrogens with one attached hydrogen (secondary N) is 3. The Balaban J connectivity index is 1.89. The highest BCUT2D eigenvalue weighted by Crippen LogP contribution is 2.23. The van der Waals surface area contributed by atoms with Gasteiger partial charge in [-0.2, -0.15) is 0 Å². The summed E-state index contributed by atoms with van der Waals surface area (Å²) < 4.78 is 0. The number of hydrogen-bond acceptors (Lipinski definition) is 4. The quantitative estimate of drug-likeness (QED) is 0.497. The molecule has 5 heteroatoms. The molecular formula is C20H24N4O. The maximum Gasteiger partial charge on any atom is 0.251 e. The lowest BCUT2D eigenvalue weighted by atomic mass is 9.97. The molecule has 1 heterocycles. The number of amides is 1. The number of hydrazine groups is 1. The van der Waals surface area contributed by atoms with E-state index in [2.05, 4.69) is 23.0 Å². The van der Waals surface area contributed by atoms with Crippen molar-refractivity contribution in [2.24, 2.45) is 5.84 Å². The topological polar surface area (TPSA) is 79.2 Å². The Labute approximate surface area is 148 Å². The van der Waals surface area contributed by atoms with Gasteiger partial charge in [-0.05, 0) is 18.1 Å². The van der Waals surface area contributed by atoms with Crippen LogP contribution >= 0.6 is 0 Å². The normalized spacial score (nSPS) is 17.5. The molecule has 1 unspecified atom stereocenters. The molecule has 1 amide bonds. The molecule has 0 saturated carbocycles. The third-order valence-electron chi connectivity index (χ3n) is 4.49. The molecule has 5 nitrogen and oxygen atoms in total. The van der Waals surface area contributed by atoms with Crippen LogP contribution in [0.25, 0.3) is 0 Å². The standard InChI is InChI=1S/C20H24N4O/c1-14-12-18(24-21)17(13-22-14)20(25)23-19(15-8-4-2-5-9-15)16-10-6-3-7-11-16/h2-11,14,19,22,24H,12-13,21H2,1H3,(H,23,25). The molecule has 1 aliphatic heterocycles. The molecule has 3 rings (SSSR count). The zero-order valence-electron chi connectivity index (χ0n) is 14.3. The molecule has 2 aromatic carbocycles. The van der Waals surface area contributed by atoms with Gasteiger partial charge < -0.3 is 16.1 Å². The Hall–Kier alpha value is -2.63. The molecule has 0 saturated heterocycles. The smallest absolute Gasteiger partial charge is 0.251 e. The van der Waals surface area contributed by atoms with Gasteiger partial charge >= 0.3 is 0 Å². The van der Waals surface area contributed by atoms with Crippen molar-refractivity contribution >= 4 is 5.91 Å². The van der Waals surface area contributed by atoms with E-state index < -0.39 is 0 Å². The fraction of sp³-hybridized carbons (Fsp3) is 0.250. The highest BCUT2D eigenvalue weighted by atomic mass is 16.1. The SMILES string of the molecule is CC1CC(NN)=C(C(=O)NC(c2ccccc2)c2ccccc2)CN1. The summed E-state index contributed by atoms with van der Waals surface area (Å²) in [6.07, 6.45) is 0.709. The Morgan fingerprint density at radius 1 is 1.08 bits per heavy atom. The highest BCUT2D eigenvalue weighted by molar-refractivity contribution is 5.95. The number of carbonyl (C=O) groups excluding carboxylic acids is 1. The first-order chi connectivity index (χ1) is 12.2. The summed E-state index contributed by atoms with van der Waals surface area (Å²) >= 11 is 0. The summed E-state index contributed by atoms with van der Waals surface area (Å²) in [5.74, 6) is 5.52. The van der Waals surface area contributed by atoms with Crippen LogP contribution in [0.2, 0.25) is 0 Å². The van der Waals surface area contributed by atoms with E-state index in [1.807, 2.05) is 60.7 Å². The fourth-order valence-corrected chi connectivity index (χ4v) is 3.12. The summed E-state index contributed by atoms with van der Waals surface area (Å²) in [6, 6.07) is 20.0. The largest absolute Gasteiger partial charge is 0.341 e. The van der Waals surface area contributed by atoms with Crippen molar-refractivity contribution in [2.45, 2.75) is 25.4 Å². The van der Waals surface area contributed by atoms with Gasteiger partial charge in [-0.1, -0.05) is 60.7 Å². The first-order valence-corrected chi connectivity index (χ1v) is 8.52. The van der Waals surface area contributed by atoms with Crippen LogP contribution in [0.15, 0.2) is 71.9 Å². The van der Waals surface area contributed by atoms with E-state index in [0.717, 1.165) is 16.8 Å². The van der Waals surface area contributed by atoms with Crippen LogP contribution in [0.1, 0.15) is 30.5 Å².